The molecule has 0 aliphatic rings. The molecule has 0 saturated carbocycles. The van der Waals surface area contributed by atoms with E-state index >= 15 is 0 Å². The van der Waals surface area contributed by atoms with Gasteiger partial charge in [-0.15, -0.1) is 11.6 Å². The minimum Gasteiger partial charge on any atom is -0.207 e. The van der Waals surface area contributed by atoms with Crippen molar-refractivity contribution >= 4 is 11.6 Å². The molecule has 0 nitrogen and oxygen atoms in total. The zero-order valence-corrected chi connectivity index (χ0v) is 10.9. The molecule has 0 amide bonds. The number of alkyl halides is 1. The Morgan fingerprint density at radius 2 is 2.00 bits per heavy atom. The van der Waals surface area contributed by atoms with Crippen molar-refractivity contribution in [2.24, 2.45) is 0 Å². The zero-order chi connectivity index (χ0) is 12.0. The minimum atomic E-state index is -0.154. The summed E-state index contributed by atoms with van der Waals surface area (Å²) in [5.74, 6) is -0.154. The molecule has 0 fully saturated rings. The SMILES string of the molecule is CCCCCCC(Cl)c1ccc(F)c(C)c1. The van der Waals surface area contributed by atoms with Gasteiger partial charge < -0.3 is 0 Å². The van der Waals surface area contributed by atoms with Crippen LogP contribution in [0.1, 0.15) is 55.5 Å². The van der Waals surface area contributed by atoms with E-state index in [4.69, 9.17) is 11.6 Å². The van der Waals surface area contributed by atoms with Crippen molar-refractivity contribution < 1.29 is 4.39 Å². The molecule has 0 heterocycles. The maximum absolute atomic E-state index is 13.1. The van der Waals surface area contributed by atoms with E-state index in [9.17, 15) is 4.39 Å². The highest BCUT2D eigenvalue weighted by Gasteiger charge is 2.09. The van der Waals surface area contributed by atoms with Crippen LogP contribution in [0, 0.1) is 12.7 Å². The lowest BCUT2D eigenvalue weighted by molar-refractivity contribution is 0.611. The van der Waals surface area contributed by atoms with E-state index < -0.39 is 0 Å². The molecule has 2 heteroatoms. The first-order chi connectivity index (χ1) is 7.65. The Morgan fingerprint density at radius 1 is 1.25 bits per heavy atom. The molecule has 0 aliphatic carbocycles. The summed E-state index contributed by atoms with van der Waals surface area (Å²) in [5.41, 5.74) is 1.72. The lowest BCUT2D eigenvalue weighted by Gasteiger charge is -2.10. The maximum atomic E-state index is 13.1. The normalized spacial score (nSPS) is 12.8. The Kier molecular flexibility index (Phi) is 5.83. The van der Waals surface area contributed by atoms with Crippen molar-refractivity contribution in [1.82, 2.24) is 0 Å². The lowest BCUT2D eigenvalue weighted by Crippen LogP contribution is -1.93. The molecule has 0 radical (unpaired) electrons. The molecule has 1 rings (SSSR count). The van der Waals surface area contributed by atoms with Gasteiger partial charge in [0, 0.05) is 0 Å². The summed E-state index contributed by atoms with van der Waals surface area (Å²) in [6, 6.07) is 5.15. The summed E-state index contributed by atoms with van der Waals surface area (Å²) in [7, 11) is 0. The van der Waals surface area contributed by atoms with Crippen LogP contribution in [0.4, 0.5) is 4.39 Å². The van der Waals surface area contributed by atoms with E-state index in [1.807, 2.05) is 6.07 Å². The Morgan fingerprint density at radius 3 is 2.62 bits per heavy atom. The van der Waals surface area contributed by atoms with Gasteiger partial charge in [0.15, 0.2) is 0 Å². The van der Waals surface area contributed by atoms with E-state index in [1.54, 1.807) is 13.0 Å². The molecule has 0 aromatic heterocycles. The van der Waals surface area contributed by atoms with Crippen LogP contribution in [0.5, 0.6) is 0 Å². The third kappa shape index (κ3) is 4.13. The zero-order valence-electron chi connectivity index (χ0n) is 10.1. The molecule has 0 spiro atoms. The second-order valence-electron chi connectivity index (χ2n) is 4.33. The van der Waals surface area contributed by atoms with E-state index in [-0.39, 0.29) is 11.2 Å². The van der Waals surface area contributed by atoms with Gasteiger partial charge in [0.1, 0.15) is 5.82 Å². The fourth-order valence-corrected chi connectivity index (χ4v) is 2.07. The molecular formula is C14H20ClF. The average Bonchev–Trinajstić information content (AvgIpc) is 2.28. The van der Waals surface area contributed by atoms with Crippen LogP contribution in [-0.4, -0.2) is 0 Å². The van der Waals surface area contributed by atoms with E-state index in [0.29, 0.717) is 5.56 Å². The minimum absolute atomic E-state index is 0.0242. The van der Waals surface area contributed by atoms with Gasteiger partial charge in [-0.3, -0.25) is 0 Å². The van der Waals surface area contributed by atoms with Crippen molar-refractivity contribution in [3.05, 3.63) is 35.1 Å². The van der Waals surface area contributed by atoms with Gasteiger partial charge in [-0.05, 0) is 30.5 Å². The summed E-state index contributed by atoms with van der Waals surface area (Å²) in [6.45, 7) is 3.97. The van der Waals surface area contributed by atoms with Crippen molar-refractivity contribution in [2.75, 3.05) is 0 Å². The number of aryl methyl sites for hydroxylation is 1. The van der Waals surface area contributed by atoms with Crippen molar-refractivity contribution in [2.45, 2.75) is 51.3 Å². The first-order valence-corrected chi connectivity index (χ1v) is 6.49. The van der Waals surface area contributed by atoms with Crippen LogP contribution in [0.2, 0.25) is 0 Å². The quantitative estimate of drug-likeness (QED) is 0.464. The maximum Gasteiger partial charge on any atom is 0.126 e. The van der Waals surface area contributed by atoms with Crippen LogP contribution < -0.4 is 0 Å². The Balaban J connectivity index is 2.46. The molecule has 0 bridgehead atoms. The fraction of sp³-hybridized carbons (Fsp3) is 0.571. The summed E-state index contributed by atoms with van der Waals surface area (Å²) in [5, 5.41) is 0.0242. The molecule has 16 heavy (non-hydrogen) atoms. The van der Waals surface area contributed by atoms with Crippen LogP contribution in [-0.2, 0) is 0 Å². The van der Waals surface area contributed by atoms with Crippen molar-refractivity contribution in [3.63, 3.8) is 0 Å². The van der Waals surface area contributed by atoms with Crippen LogP contribution in [0.25, 0.3) is 0 Å². The highest BCUT2D eigenvalue weighted by Crippen LogP contribution is 2.27. The van der Waals surface area contributed by atoms with Crippen LogP contribution in [0.15, 0.2) is 18.2 Å². The molecule has 1 atom stereocenters. The molecule has 0 N–H and O–H groups in total. The van der Waals surface area contributed by atoms with Crippen molar-refractivity contribution in [3.8, 4) is 0 Å². The van der Waals surface area contributed by atoms with E-state index in [0.717, 1.165) is 18.4 Å². The third-order valence-electron chi connectivity index (χ3n) is 2.85. The smallest absolute Gasteiger partial charge is 0.126 e. The first-order valence-electron chi connectivity index (χ1n) is 6.05. The fourth-order valence-electron chi connectivity index (χ4n) is 1.78. The van der Waals surface area contributed by atoms with Gasteiger partial charge >= 0.3 is 0 Å². The van der Waals surface area contributed by atoms with Crippen molar-refractivity contribution in [1.29, 1.82) is 0 Å². The summed E-state index contributed by atoms with van der Waals surface area (Å²) in [4.78, 5) is 0. The molecule has 90 valence electrons. The molecule has 1 unspecified atom stereocenters. The molecule has 1 aromatic rings. The summed E-state index contributed by atoms with van der Waals surface area (Å²) in [6.07, 6.45) is 5.87. The van der Waals surface area contributed by atoms with Gasteiger partial charge in [0.25, 0.3) is 0 Å². The average molecular weight is 243 g/mol. The van der Waals surface area contributed by atoms with Gasteiger partial charge in [0.05, 0.1) is 5.38 Å². The third-order valence-corrected chi connectivity index (χ3v) is 3.33. The van der Waals surface area contributed by atoms with Crippen LogP contribution >= 0.6 is 11.6 Å². The van der Waals surface area contributed by atoms with E-state index in [2.05, 4.69) is 6.92 Å². The molecule has 1 aromatic carbocycles. The standard InChI is InChI=1S/C14H20ClF/c1-3-4-5-6-7-13(15)12-8-9-14(16)11(2)10-12/h8-10,13H,3-7H2,1-2H3. The number of unbranched alkanes of at least 4 members (excludes halogenated alkanes) is 3. The van der Waals surface area contributed by atoms with Crippen LogP contribution in [0.3, 0.4) is 0 Å². The molecule has 0 aliphatic heterocycles. The predicted molar refractivity (Wildman–Crippen MR) is 68.5 cm³/mol. The highest BCUT2D eigenvalue weighted by atomic mass is 35.5. The number of rotatable bonds is 6. The number of hydrogen-bond acceptors (Lipinski definition) is 0. The van der Waals surface area contributed by atoms with Gasteiger partial charge in [-0.2, -0.15) is 0 Å². The van der Waals surface area contributed by atoms with Gasteiger partial charge in [-0.25, -0.2) is 4.39 Å². The molecule has 0 saturated heterocycles. The summed E-state index contributed by atoms with van der Waals surface area (Å²) >= 11 is 6.29. The Hall–Kier alpha value is -0.560. The lowest BCUT2D eigenvalue weighted by atomic mass is 10.0. The summed E-state index contributed by atoms with van der Waals surface area (Å²) < 4.78 is 13.1. The molecular weight excluding hydrogens is 223 g/mol. The number of hydrogen-bond donors (Lipinski definition) is 0. The predicted octanol–water partition coefficient (Wildman–Crippen LogP) is 5.38. The Labute approximate surface area is 103 Å². The van der Waals surface area contributed by atoms with Gasteiger partial charge in [0.2, 0.25) is 0 Å². The first kappa shape index (κ1) is 13.5. The highest BCUT2D eigenvalue weighted by molar-refractivity contribution is 6.20. The topological polar surface area (TPSA) is 0 Å². The number of benzene rings is 1. The Bertz CT molecular complexity index is 323. The monoisotopic (exact) mass is 242 g/mol. The van der Waals surface area contributed by atoms with E-state index in [1.165, 1.54) is 25.3 Å². The second kappa shape index (κ2) is 6.90. The largest absolute Gasteiger partial charge is 0.207 e. The second-order valence-corrected chi connectivity index (χ2v) is 4.85. The number of halogens is 2. The van der Waals surface area contributed by atoms with Gasteiger partial charge in [-0.1, -0.05) is 44.7 Å².